The van der Waals surface area contributed by atoms with Crippen LogP contribution in [0.3, 0.4) is 0 Å². The summed E-state index contributed by atoms with van der Waals surface area (Å²) in [6.45, 7) is 4.42. The van der Waals surface area contributed by atoms with Crippen LogP contribution in [0.1, 0.15) is 117 Å². The largest absolute Gasteiger partial charge is 0.369 e. The molecule has 0 aromatic carbocycles. The summed E-state index contributed by atoms with van der Waals surface area (Å²) in [4.78, 5) is 23.4. The first-order chi connectivity index (χ1) is 12.5. The van der Waals surface area contributed by atoms with Crippen molar-refractivity contribution < 1.29 is 9.59 Å². The molecule has 0 aliphatic carbocycles. The van der Waals surface area contributed by atoms with E-state index in [4.69, 9.17) is 11.5 Å². The first-order valence-electron chi connectivity index (χ1n) is 11.1. The molecule has 0 aliphatic heterocycles. The molecule has 0 heterocycles. The van der Waals surface area contributed by atoms with Gasteiger partial charge in [0, 0.05) is 11.8 Å². The van der Waals surface area contributed by atoms with Gasteiger partial charge in [-0.15, -0.1) is 0 Å². The number of amides is 2. The van der Waals surface area contributed by atoms with Gasteiger partial charge in [-0.25, -0.2) is 0 Å². The van der Waals surface area contributed by atoms with E-state index in [9.17, 15) is 9.59 Å². The fourth-order valence-corrected chi connectivity index (χ4v) is 3.60. The summed E-state index contributed by atoms with van der Waals surface area (Å²) < 4.78 is 0. The topological polar surface area (TPSA) is 86.2 Å². The predicted molar refractivity (Wildman–Crippen MR) is 111 cm³/mol. The van der Waals surface area contributed by atoms with Crippen molar-refractivity contribution in [2.45, 2.75) is 117 Å². The van der Waals surface area contributed by atoms with E-state index < -0.39 is 0 Å². The Morgan fingerprint density at radius 3 is 1.15 bits per heavy atom. The molecule has 0 rings (SSSR count). The Morgan fingerprint density at radius 1 is 0.538 bits per heavy atom. The minimum absolute atomic E-state index is 0.104. The lowest BCUT2D eigenvalue weighted by atomic mass is 9.88. The molecule has 2 atom stereocenters. The molecule has 2 unspecified atom stereocenters. The number of rotatable bonds is 19. The fourth-order valence-electron chi connectivity index (χ4n) is 3.60. The summed E-state index contributed by atoms with van der Waals surface area (Å²) in [7, 11) is 0. The second-order valence-corrected chi connectivity index (χ2v) is 7.89. The van der Waals surface area contributed by atoms with Crippen LogP contribution in [-0.4, -0.2) is 11.8 Å². The van der Waals surface area contributed by atoms with E-state index in [0.717, 1.165) is 25.7 Å². The standard InChI is InChI=1S/C22H44N2O2/c1-3-5-7-9-11-13-15-19(21(23)25)17-18-20(22(24)26)16-14-12-10-8-6-4-2/h19-20H,3-18H2,1-2H3,(H2,23,25)(H2,24,26). The number of carbonyl (C=O) groups is 2. The lowest BCUT2D eigenvalue weighted by Gasteiger charge is -2.17. The summed E-state index contributed by atoms with van der Waals surface area (Å²) in [5.74, 6) is -0.650. The van der Waals surface area contributed by atoms with E-state index in [1.165, 1.54) is 64.2 Å². The van der Waals surface area contributed by atoms with Crippen LogP contribution in [0.4, 0.5) is 0 Å². The van der Waals surface area contributed by atoms with Crippen LogP contribution in [0.15, 0.2) is 0 Å². The maximum atomic E-state index is 11.7. The molecule has 0 fully saturated rings. The van der Waals surface area contributed by atoms with Gasteiger partial charge in [-0.05, 0) is 25.7 Å². The molecule has 26 heavy (non-hydrogen) atoms. The van der Waals surface area contributed by atoms with Crippen LogP contribution < -0.4 is 11.5 Å². The highest BCUT2D eigenvalue weighted by atomic mass is 16.1. The van der Waals surface area contributed by atoms with Gasteiger partial charge in [-0.2, -0.15) is 0 Å². The van der Waals surface area contributed by atoms with E-state index in [2.05, 4.69) is 13.8 Å². The lowest BCUT2D eigenvalue weighted by molar-refractivity contribution is -0.124. The van der Waals surface area contributed by atoms with Crippen LogP contribution in [0.25, 0.3) is 0 Å². The molecule has 0 spiro atoms. The Balaban J connectivity index is 4.06. The maximum absolute atomic E-state index is 11.7. The van der Waals surface area contributed by atoms with Gasteiger partial charge in [0.1, 0.15) is 0 Å². The van der Waals surface area contributed by atoms with Gasteiger partial charge in [-0.1, -0.05) is 90.9 Å². The number of carbonyl (C=O) groups excluding carboxylic acids is 2. The summed E-state index contributed by atoms with van der Waals surface area (Å²) >= 11 is 0. The summed E-state index contributed by atoms with van der Waals surface area (Å²) in [6.07, 6.45) is 17.6. The molecule has 0 aromatic heterocycles. The number of hydrogen-bond donors (Lipinski definition) is 2. The van der Waals surface area contributed by atoms with Crippen LogP contribution in [0.2, 0.25) is 0 Å². The van der Waals surface area contributed by atoms with Crippen LogP contribution in [-0.2, 0) is 9.59 Å². The lowest BCUT2D eigenvalue weighted by Crippen LogP contribution is -2.27. The van der Waals surface area contributed by atoms with Crippen molar-refractivity contribution in [2.24, 2.45) is 23.3 Å². The molecule has 0 aliphatic rings. The van der Waals surface area contributed by atoms with Gasteiger partial charge >= 0.3 is 0 Å². The summed E-state index contributed by atoms with van der Waals surface area (Å²) in [6, 6.07) is 0. The second-order valence-electron chi connectivity index (χ2n) is 7.89. The predicted octanol–water partition coefficient (Wildman–Crippen LogP) is 5.47. The zero-order valence-corrected chi connectivity index (χ0v) is 17.4. The van der Waals surface area contributed by atoms with Gasteiger partial charge in [0.25, 0.3) is 0 Å². The van der Waals surface area contributed by atoms with E-state index in [1.54, 1.807) is 0 Å². The van der Waals surface area contributed by atoms with Crippen molar-refractivity contribution in [1.82, 2.24) is 0 Å². The average Bonchev–Trinajstić information content (AvgIpc) is 2.60. The third-order valence-electron chi connectivity index (χ3n) is 5.48. The SMILES string of the molecule is CCCCCCCCC(CCC(CCCCCCCC)C(N)=O)C(N)=O. The molecular weight excluding hydrogens is 324 g/mol. The van der Waals surface area contributed by atoms with Crippen molar-refractivity contribution in [2.75, 3.05) is 0 Å². The van der Waals surface area contributed by atoms with Gasteiger partial charge in [0.15, 0.2) is 0 Å². The Morgan fingerprint density at radius 2 is 0.846 bits per heavy atom. The van der Waals surface area contributed by atoms with Crippen molar-refractivity contribution in [3.63, 3.8) is 0 Å². The molecule has 0 saturated carbocycles. The van der Waals surface area contributed by atoms with E-state index in [0.29, 0.717) is 12.8 Å². The monoisotopic (exact) mass is 368 g/mol. The van der Waals surface area contributed by atoms with Crippen molar-refractivity contribution in [3.05, 3.63) is 0 Å². The van der Waals surface area contributed by atoms with Gasteiger partial charge in [-0.3, -0.25) is 9.59 Å². The number of unbranched alkanes of at least 4 members (excludes halogenated alkanes) is 10. The van der Waals surface area contributed by atoms with Gasteiger partial charge in [0.05, 0.1) is 0 Å². The molecule has 154 valence electrons. The van der Waals surface area contributed by atoms with E-state index >= 15 is 0 Å². The van der Waals surface area contributed by atoms with Gasteiger partial charge in [0.2, 0.25) is 11.8 Å². The highest BCUT2D eigenvalue weighted by molar-refractivity contribution is 5.78. The Hall–Kier alpha value is -1.06. The van der Waals surface area contributed by atoms with Crippen molar-refractivity contribution in [3.8, 4) is 0 Å². The minimum atomic E-state index is -0.221. The molecule has 4 heteroatoms. The van der Waals surface area contributed by atoms with Crippen LogP contribution in [0.5, 0.6) is 0 Å². The summed E-state index contributed by atoms with van der Waals surface area (Å²) in [5.41, 5.74) is 11.1. The third kappa shape index (κ3) is 14.1. The van der Waals surface area contributed by atoms with E-state index in [-0.39, 0.29) is 23.7 Å². The van der Waals surface area contributed by atoms with Gasteiger partial charge < -0.3 is 11.5 Å². The molecule has 0 radical (unpaired) electrons. The first kappa shape index (κ1) is 24.9. The summed E-state index contributed by atoms with van der Waals surface area (Å²) in [5, 5.41) is 0. The zero-order valence-electron chi connectivity index (χ0n) is 17.4. The molecular formula is C22H44N2O2. The van der Waals surface area contributed by atoms with Crippen LogP contribution in [0, 0.1) is 11.8 Å². The highest BCUT2D eigenvalue weighted by Crippen LogP contribution is 2.23. The van der Waals surface area contributed by atoms with Crippen LogP contribution >= 0.6 is 0 Å². The molecule has 4 N–H and O–H groups in total. The fraction of sp³-hybridized carbons (Fsp3) is 0.909. The molecule has 4 nitrogen and oxygen atoms in total. The van der Waals surface area contributed by atoms with Crippen molar-refractivity contribution >= 4 is 11.8 Å². The number of hydrogen-bond acceptors (Lipinski definition) is 2. The van der Waals surface area contributed by atoms with Crippen molar-refractivity contribution in [1.29, 1.82) is 0 Å². The smallest absolute Gasteiger partial charge is 0.220 e. The van der Waals surface area contributed by atoms with E-state index in [1.807, 2.05) is 0 Å². The Bertz CT molecular complexity index is 324. The normalized spacial score (nSPS) is 13.5. The molecule has 0 aromatic rings. The molecule has 0 bridgehead atoms. The quantitative estimate of drug-likeness (QED) is 0.296. The third-order valence-corrected chi connectivity index (χ3v) is 5.48. The molecule has 2 amide bonds. The molecule has 0 saturated heterocycles. The second kappa shape index (κ2) is 17.4. The minimum Gasteiger partial charge on any atom is -0.369 e. The number of primary amides is 2. The maximum Gasteiger partial charge on any atom is 0.220 e. The Kier molecular flexibility index (Phi) is 16.7. The highest BCUT2D eigenvalue weighted by Gasteiger charge is 2.20. The first-order valence-corrected chi connectivity index (χ1v) is 11.1. The average molecular weight is 369 g/mol. The zero-order chi connectivity index (χ0) is 19.6. The number of nitrogens with two attached hydrogens (primary N) is 2. The Labute approximate surface area is 161 Å².